The highest BCUT2D eigenvalue weighted by Crippen LogP contribution is 2.36. The third-order valence-electron chi connectivity index (χ3n) is 8.52. The van der Waals surface area contributed by atoms with Gasteiger partial charge >= 0.3 is 0 Å². The number of anilines is 1. The molecule has 2 aromatic carbocycles. The first kappa shape index (κ1) is 25.8. The summed E-state index contributed by atoms with van der Waals surface area (Å²) in [6.07, 6.45) is 8.63. The third kappa shape index (κ3) is 5.01. The van der Waals surface area contributed by atoms with E-state index in [1.165, 1.54) is 30.5 Å². The van der Waals surface area contributed by atoms with E-state index in [2.05, 4.69) is 28.2 Å². The first-order valence-corrected chi connectivity index (χ1v) is 14.2. The number of benzene rings is 2. The molecule has 1 aromatic heterocycles. The van der Waals surface area contributed by atoms with Gasteiger partial charge in [-0.2, -0.15) is 0 Å². The normalized spacial score (nSPS) is 21.2. The number of nitrogen functional groups attached to an aromatic ring is 1. The number of nitrogens with one attached hydrogen (secondary N) is 2. The molecular weight excluding hydrogens is 510 g/mol. The molecule has 1 amide bonds. The lowest BCUT2D eigenvalue weighted by Crippen LogP contribution is -2.37. The minimum absolute atomic E-state index is 0.176. The molecule has 202 valence electrons. The van der Waals surface area contributed by atoms with Gasteiger partial charge in [-0.1, -0.05) is 23.7 Å². The summed E-state index contributed by atoms with van der Waals surface area (Å²) < 4.78 is 5.75. The van der Waals surface area contributed by atoms with Crippen LogP contribution in [0.2, 0.25) is 5.02 Å². The first-order chi connectivity index (χ1) is 18.9. The van der Waals surface area contributed by atoms with Crippen molar-refractivity contribution in [3.8, 4) is 16.9 Å². The Morgan fingerprint density at radius 2 is 2.00 bits per heavy atom. The number of carbonyl (C=O) groups is 1. The van der Waals surface area contributed by atoms with Gasteiger partial charge in [0, 0.05) is 40.0 Å². The zero-order chi connectivity index (χ0) is 27.1. The van der Waals surface area contributed by atoms with Crippen molar-refractivity contribution in [2.24, 2.45) is 0 Å². The molecule has 0 saturated carbocycles. The number of amides is 1. The second kappa shape index (κ2) is 10.6. The summed E-state index contributed by atoms with van der Waals surface area (Å²) in [6, 6.07) is 12.6. The number of rotatable bonds is 4. The third-order valence-corrected chi connectivity index (χ3v) is 8.85. The topological polar surface area (TPSA) is 104 Å². The molecule has 2 aliphatic heterocycles. The monoisotopic (exact) mass is 543 g/mol. The lowest BCUT2D eigenvalue weighted by Gasteiger charge is -2.30. The Bertz CT molecular complexity index is 1460. The number of carbonyl (C=O) groups excluding carboxylic acids is 1. The number of ether oxygens (including phenoxy) is 1. The number of halogens is 1. The quantitative estimate of drug-likeness (QED) is 0.308. The summed E-state index contributed by atoms with van der Waals surface area (Å²) in [6.45, 7) is 4.39. The van der Waals surface area contributed by atoms with Crippen molar-refractivity contribution in [1.29, 1.82) is 5.41 Å². The van der Waals surface area contributed by atoms with Crippen LogP contribution in [0.1, 0.15) is 65.2 Å². The van der Waals surface area contributed by atoms with E-state index < -0.39 is 0 Å². The SMILES string of the molecule is C[C@@H]1CCCN1C1CCc2cc(-c3cnc(N)c(C(=N)c4ccc5c(c4)OCCNC5=O)c3)cc(Cl)c2CC1. The summed E-state index contributed by atoms with van der Waals surface area (Å²) in [5.74, 6) is 0.569. The fourth-order valence-corrected chi connectivity index (χ4v) is 6.70. The maximum absolute atomic E-state index is 12.3. The van der Waals surface area contributed by atoms with E-state index in [1.807, 2.05) is 12.1 Å². The van der Waals surface area contributed by atoms with Crippen molar-refractivity contribution in [2.75, 3.05) is 25.4 Å². The van der Waals surface area contributed by atoms with E-state index in [0.29, 0.717) is 47.7 Å². The Hall–Kier alpha value is -3.42. The van der Waals surface area contributed by atoms with Gasteiger partial charge in [0.15, 0.2) is 0 Å². The first-order valence-electron chi connectivity index (χ1n) is 13.9. The van der Waals surface area contributed by atoms with Gasteiger partial charge in [-0.05, 0) is 92.9 Å². The summed E-state index contributed by atoms with van der Waals surface area (Å²) in [7, 11) is 0. The lowest BCUT2D eigenvalue weighted by atomic mass is 9.94. The van der Waals surface area contributed by atoms with Gasteiger partial charge in [-0.15, -0.1) is 0 Å². The highest BCUT2D eigenvalue weighted by molar-refractivity contribution is 6.31. The van der Waals surface area contributed by atoms with Crippen LogP contribution in [0.25, 0.3) is 11.1 Å². The van der Waals surface area contributed by atoms with Crippen LogP contribution in [-0.2, 0) is 12.8 Å². The summed E-state index contributed by atoms with van der Waals surface area (Å²) in [5.41, 5.74) is 12.5. The van der Waals surface area contributed by atoms with Crippen LogP contribution >= 0.6 is 11.6 Å². The number of pyridine rings is 1. The number of hydrogen-bond donors (Lipinski definition) is 3. The molecule has 3 aromatic rings. The molecule has 8 heteroatoms. The Balaban J connectivity index is 1.29. The number of aryl methyl sites for hydroxylation is 1. The fraction of sp³-hybridized carbons (Fsp3) is 0.387. The molecule has 4 N–H and O–H groups in total. The molecule has 39 heavy (non-hydrogen) atoms. The van der Waals surface area contributed by atoms with E-state index in [-0.39, 0.29) is 17.4 Å². The summed E-state index contributed by atoms with van der Waals surface area (Å²) >= 11 is 6.88. The predicted molar refractivity (Wildman–Crippen MR) is 155 cm³/mol. The number of likely N-dealkylation sites (tertiary alicyclic amines) is 1. The van der Waals surface area contributed by atoms with Gasteiger partial charge in [0.05, 0.1) is 17.8 Å². The van der Waals surface area contributed by atoms with Crippen molar-refractivity contribution in [3.63, 3.8) is 0 Å². The van der Waals surface area contributed by atoms with E-state index in [4.69, 9.17) is 27.5 Å². The van der Waals surface area contributed by atoms with Gasteiger partial charge in [0.25, 0.3) is 5.91 Å². The van der Waals surface area contributed by atoms with Gasteiger partial charge < -0.3 is 15.8 Å². The van der Waals surface area contributed by atoms with E-state index in [0.717, 1.165) is 41.8 Å². The zero-order valence-corrected chi connectivity index (χ0v) is 23.0. The Morgan fingerprint density at radius 1 is 1.15 bits per heavy atom. The molecule has 1 aliphatic carbocycles. The Kier molecular flexibility index (Phi) is 7.04. The van der Waals surface area contributed by atoms with Crippen molar-refractivity contribution in [1.82, 2.24) is 15.2 Å². The summed E-state index contributed by atoms with van der Waals surface area (Å²) in [5, 5.41) is 12.5. The Morgan fingerprint density at radius 3 is 2.82 bits per heavy atom. The van der Waals surface area contributed by atoms with Crippen molar-refractivity contribution < 1.29 is 9.53 Å². The number of nitrogens with zero attached hydrogens (tertiary/aromatic N) is 2. The van der Waals surface area contributed by atoms with E-state index >= 15 is 0 Å². The standard InChI is InChI=1S/C31H34ClN5O2/c1-18-3-2-11-37(18)23-6-4-19-13-21(15-27(32)24(19)9-7-23)22-14-26(30(34)36-17-22)29(33)20-5-8-25-28(16-20)39-12-10-35-31(25)38/h5,8,13-18,23,33H,2-4,6-7,9-12H2,1H3,(H2,34,36)(H,35,38)/t18-,23?/m1/s1. The molecule has 7 nitrogen and oxygen atoms in total. The molecule has 1 unspecified atom stereocenters. The van der Waals surface area contributed by atoms with E-state index in [9.17, 15) is 4.79 Å². The van der Waals surface area contributed by atoms with Crippen LogP contribution in [0.4, 0.5) is 5.82 Å². The molecule has 1 saturated heterocycles. The fourth-order valence-electron chi connectivity index (χ4n) is 6.36. The van der Waals surface area contributed by atoms with Crippen molar-refractivity contribution in [2.45, 2.75) is 57.5 Å². The second-order valence-corrected chi connectivity index (χ2v) is 11.3. The van der Waals surface area contributed by atoms with Crippen LogP contribution in [0.5, 0.6) is 5.75 Å². The average Bonchev–Trinajstić information content (AvgIpc) is 3.13. The number of nitrogens with two attached hydrogens (primary N) is 1. The van der Waals surface area contributed by atoms with Gasteiger partial charge in [-0.3, -0.25) is 15.1 Å². The number of fused-ring (bicyclic) bond motifs is 2. The maximum Gasteiger partial charge on any atom is 0.255 e. The zero-order valence-electron chi connectivity index (χ0n) is 22.2. The average molecular weight is 544 g/mol. The lowest BCUT2D eigenvalue weighted by molar-refractivity contribution is 0.0957. The molecule has 0 radical (unpaired) electrons. The highest BCUT2D eigenvalue weighted by atomic mass is 35.5. The molecular formula is C31H34ClN5O2. The number of hydrogen-bond acceptors (Lipinski definition) is 6. The molecule has 0 spiro atoms. The largest absolute Gasteiger partial charge is 0.491 e. The molecule has 3 heterocycles. The predicted octanol–water partition coefficient (Wildman–Crippen LogP) is 5.25. The minimum Gasteiger partial charge on any atom is -0.491 e. The van der Waals surface area contributed by atoms with Crippen molar-refractivity contribution >= 4 is 29.0 Å². The minimum atomic E-state index is -0.176. The van der Waals surface area contributed by atoms with Crippen LogP contribution in [0, 0.1) is 5.41 Å². The van der Waals surface area contributed by atoms with E-state index in [1.54, 1.807) is 24.4 Å². The molecule has 0 bridgehead atoms. The van der Waals surface area contributed by atoms with Gasteiger partial charge in [0.2, 0.25) is 0 Å². The second-order valence-electron chi connectivity index (χ2n) is 10.9. The van der Waals surface area contributed by atoms with Crippen LogP contribution in [0.15, 0.2) is 42.6 Å². The summed E-state index contributed by atoms with van der Waals surface area (Å²) in [4.78, 5) is 19.4. The van der Waals surface area contributed by atoms with Crippen LogP contribution < -0.4 is 15.8 Å². The highest BCUT2D eigenvalue weighted by Gasteiger charge is 2.30. The molecule has 6 rings (SSSR count). The van der Waals surface area contributed by atoms with Crippen LogP contribution in [-0.4, -0.2) is 53.3 Å². The molecule has 3 aliphatic rings. The van der Waals surface area contributed by atoms with Gasteiger partial charge in [-0.25, -0.2) is 4.98 Å². The van der Waals surface area contributed by atoms with Crippen LogP contribution in [0.3, 0.4) is 0 Å². The number of aromatic nitrogens is 1. The smallest absolute Gasteiger partial charge is 0.255 e. The molecule has 2 atom stereocenters. The maximum atomic E-state index is 12.3. The molecule has 1 fully saturated rings. The van der Waals surface area contributed by atoms with Gasteiger partial charge in [0.1, 0.15) is 18.2 Å². The Labute approximate surface area is 234 Å². The van der Waals surface area contributed by atoms with Crippen molar-refractivity contribution in [3.05, 3.63) is 75.4 Å².